The largest absolute Gasteiger partial charge is 0.514 e. The lowest BCUT2D eigenvalue weighted by atomic mass is 9.86. The third kappa shape index (κ3) is 3.15. The van der Waals surface area contributed by atoms with E-state index in [0.29, 0.717) is 11.7 Å². The first-order chi connectivity index (χ1) is 11.8. The molecule has 0 aliphatic carbocycles. The molecule has 2 aromatic rings. The molecular weight excluding hydrogens is 302 g/mol. The van der Waals surface area contributed by atoms with Crippen molar-refractivity contribution < 1.29 is 14.3 Å². The van der Waals surface area contributed by atoms with Crippen LogP contribution in [0.4, 0.5) is 4.79 Å². The molecule has 24 heavy (non-hydrogen) atoms. The molecule has 3 aliphatic heterocycles. The molecule has 4 heteroatoms. The summed E-state index contributed by atoms with van der Waals surface area (Å²) < 4.78 is 11.1. The molecule has 2 bridgehead atoms. The molecule has 0 unspecified atom stereocenters. The van der Waals surface area contributed by atoms with Gasteiger partial charge in [0.2, 0.25) is 0 Å². The summed E-state index contributed by atoms with van der Waals surface area (Å²) >= 11 is 0. The number of carbonyl (C=O) groups excluding carboxylic acids is 1. The van der Waals surface area contributed by atoms with Crippen molar-refractivity contribution in [1.82, 2.24) is 4.90 Å². The number of benzene rings is 2. The Morgan fingerprint density at radius 2 is 1.67 bits per heavy atom. The molecule has 0 N–H and O–H groups in total. The lowest BCUT2D eigenvalue weighted by molar-refractivity contribution is -0.0462. The van der Waals surface area contributed by atoms with Crippen LogP contribution < -0.4 is 4.74 Å². The fourth-order valence-electron chi connectivity index (χ4n) is 3.69. The maximum atomic E-state index is 12.3. The van der Waals surface area contributed by atoms with E-state index in [0.717, 1.165) is 43.6 Å². The van der Waals surface area contributed by atoms with Crippen molar-refractivity contribution in [3.63, 3.8) is 0 Å². The van der Waals surface area contributed by atoms with E-state index >= 15 is 0 Å². The van der Waals surface area contributed by atoms with Crippen molar-refractivity contribution >= 4 is 6.16 Å². The molecule has 0 spiro atoms. The average molecular weight is 323 g/mol. The SMILES string of the molecule is O=C(Oc1ccccc1-c1ccccc1)O[C@H]1CN2CCC1CC2. The maximum absolute atomic E-state index is 12.3. The van der Waals surface area contributed by atoms with Gasteiger partial charge in [0.1, 0.15) is 11.9 Å². The van der Waals surface area contributed by atoms with E-state index in [9.17, 15) is 4.79 Å². The van der Waals surface area contributed by atoms with Gasteiger partial charge < -0.3 is 9.47 Å². The van der Waals surface area contributed by atoms with E-state index < -0.39 is 6.16 Å². The summed E-state index contributed by atoms with van der Waals surface area (Å²) in [6.45, 7) is 3.08. The van der Waals surface area contributed by atoms with E-state index in [1.807, 2.05) is 48.5 Å². The van der Waals surface area contributed by atoms with Gasteiger partial charge in [-0.1, -0.05) is 48.5 Å². The van der Waals surface area contributed by atoms with Crippen LogP contribution in [-0.2, 0) is 4.74 Å². The quantitative estimate of drug-likeness (QED) is 0.633. The lowest BCUT2D eigenvalue weighted by Gasteiger charge is -2.43. The van der Waals surface area contributed by atoms with Gasteiger partial charge in [-0.25, -0.2) is 4.79 Å². The third-order valence-corrected chi connectivity index (χ3v) is 5.01. The summed E-state index contributed by atoms with van der Waals surface area (Å²) in [6.07, 6.45) is 1.58. The van der Waals surface area contributed by atoms with Crippen LogP contribution in [-0.4, -0.2) is 36.8 Å². The van der Waals surface area contributed by atoms with Crippen molar-refractivity contribution in [3.8, 4) is 16.9 Å². The molecule has 0 saturated carbocycles. The van der Waals surface area contributed by atoms with Crippen molar-refractivity contribution in [2.24, 2.45) is 5.92 Å². The van der Waals surface area contributed by atoms with Crippen LogP contribution in [0.1, 0.15) is 12.8 Å². The zero-order valence-electron chi connectivity index (χ0n) is 13.6. The number of ether oxygens (including phenoxy) is 2. The van der Waals surface area contributed by atoms with Crippen LogP contribution in [0.2, 0.25) is 0 Å². The van der Waals surface area contributed by atoms with Crippen molar-refractivity contribution in [1.29, 1.82) is 0 Å². The number of hydrogen-bond acceptors (Lipinski definition) is 4. The second-order valence-corrected chi connectivity index (χ2v) is 6.51. The van der Waals surface area contributed by atoms with Crippen LogP contribution >= 0.6 is 0 Å². The Kier molecular flexibility index (Phi) is 4.22. The molecule has 0 radical (unpaired) electrons. The molecule has 3 aliphatic rings. The lowest BCUT2D eigenvalue weighted by Crippen LogP contribution is -2.52. The molecule has 5 rings (SSSR count). The van der Waals surface area contributed by atoms with Crippen molar-refractivity contribution in [2.45, 2.75) is 18.9 Å². The van der Waals surface area contributed by atoms with E-state index in [1.165, 1.54) is 0 Å². The minimum atomic E-state index is -0.600. The highest BCUT2D eigenvalue weighted by Gasteiger charge is 2.37. The normalized spacial score (nSPS) is 25.2. The standard InChI is InChI=1S/C20H21NO3/c22-20(24-19-14-21-12-10-16(19)11-13-21)23-18-9-5-4-8-17(18)15-6-2-1-3-7-15/h1-9,16,19H,10-14H2/t19-/m0/s1. The minimum absolute atomic E-state index is 0.0381. The zero-order valence-corrected chi connectivity index (χ0v) is 13.6. The molecule has 124 valence electrons. The van der Waals surface area contributed by atoms with E-state index in [-0.39, 0.29) is 6.10 Å². The number of rotatable bonds is 3. The Bertz CT molecular complexity index is 708. The highest BCUT2D eigenvalue weighted by atomic mass is 16.7. The fraction of sp³-hybridized carbons (Fsp3) is 0.350. The Morgan fingerprint density at radius 1 is 0.958 bits per heavy atom. The highest BCUT2D eigenvalue weighted by molar-refractivity contribution is 5.74. The van der Waals surface area contributed by atoms with Crippen LogP contribution in [0.5, 0.6) is 5.75 Å². The molecule has 1 atom stereocenters. The first-order valence-corrected chi connectivity index (χ1v) is 8.55. The summed E-state index contributed by atoms with van der Waals surface area (Å²) in [5, 5.41) is 0. The van der Waals surface area contributed by atoms with E-state index in [2.05, 4.69) is 4.90 Å². The van der Waals surface area contributed by atoms with Crippen molar-refractivity contribution in [3.05, 3.63) is 54.6 Å². The average Bonchev–Trinajstić information content (AvgIpc) is 2.64. The summed E-state index contributed by atoms with van der Waals surface area (Å²) in [5.41, 5.74) is 1.91. The van der Waals surface area contributed by atoms with Gasteiger partial charge in [0.05, 0.1) is 0 Å². The zero-order chi connectivity index (χ0) is 16.4. The number of piperidine rings is 3. The Hall–Kier alpha value is -2.33. The summed E-state index contributed by atoms with van der Waals surface area (Å²) in [6, 6.07) is 17.5. The second-order valence-electron chi connectivity index (χ2n) is 6.51. The number of hydrogen-bond donors (Lipinski definition) is 0. The number of nitrogens with zero attached hydrogens (tertiary/aromatic N) is 1. The topological polar surface area (TPSA) is 38.8 Å². The molecule has 3 heterocycles. The molecule has 4 nitrogen and oxygen atoms in total. The molecule has 2 aromatic carbocycles. The van der Waals surface area contributed by atoms with Gasteiger partial charge in [-0.15, -0.1) is 0 Å². The van der Waals surface area contributed by atoms with E-state index in [4.69, 9.17) is 9.47 Å². The number of para-hydroxylation sites is 1. The molecule has 3 saturated heterocycles. The van der Waals surface area contributed by atoms with Gasteiger partial charge >= 0.3 is 6.16 Å². The van der Waals surface area contributed by atoms with Gasteiger partial charge in [0.15, 0.2) is 0 Å². The predicted octanol–water partition coefficient (Wildman–Crippen LogP) is 3.96. The smallest absolute Gasteiger partial charge is 0.429 e. The summed E-state index contributed by atoms with van der Waals surface area (Å²) in [5.74, 6) is 1.02. The van der Waals surface area contributed by atoms with Crippen molar-refractivity contribution in [2.75, 3.05) is 19.6 Å². The molecular formula is C20H21NO3. The Morgan fingerprint density at radius 3 is 2.38 bits per heavy atom. The van der Waals surface area contributed by atoms with E-state index in [1.54, 1.807) is 6.07 Å². The maximum Gasteiger partial charge on any atom is 0.514 e. The van der Waals surface area contributed by atoms with Gasteiger partial charge in [-0.3, -0.25) is 4.90 Å². The number of carbonyl (C=O) groups is 1. The van der Waals surface area contributed by atoms with Gasteiger partial charge in [-0.2, -0.15) is 0 Å². The first kappa shape index (κ1) is 15.2. The van der Waals surface area contributed by atoms with Gasteiger partial charge in [0.25, 0.3) is 0 Å². The predicted molar refractivity (Wildman–Crippen MR) is 91.9 cm³/mol. The van der Waals surface area contributed by atoms with Gasteiger partial charge in [0, 0.05) is 12.1 Å². The summed E-state index contributed by atoms with van der Waals surface area (Å²) in [4.78, 5) is 14.6. The monoisotopic (exact) mass is 323 g/mol. The minimum Gasteiger partial charge on any atom is -0.429 e. The molecule has 3 fully saturated rings. The highest BCUT2D eigenvalue weighted by Crippen LogP contribution is 2.32. The third-order valence-electron chi connectivity index (χ3n) is 5.01. The Labute approximate surface area is 142 Å². The van der Waals surface area contributed by atoms with Gasteiger partial charge in [-0.05, 0) is 43.5 Å². The van der Waals surface area contributed by atoms with Crippen LogP contribution in [0.25, 0.3) is 11.1 Å². The Balaban J connectivity index is 1.47. The summed E-state index contributed by atoms with van der Waals surface area (Å²) in [7, 11) is 0. The van der Waals surface area contributed by atoms with Crippen LogP contribution in [0.3, 0.4) is 0 Å². The van der Waals surface area contributed by atoms with Crippen LogP contribution in [0, 0.1) is 5.92 Å². The molecule has 0 amide bonds. The fourth-order valence-corrected chi connectivity index (χ4v) is 3.69. The molecule has 0 aromatic heterocycles. The second kappa shape index (κ2) is 6.65. The first-order valence-electron chi connectivity index (χ1n) is 8.55. The number of fused-ring (bicyclic) bond motifs is 3. The van der Waals surface area contributed by atoms with Crippen LogP contribution in [0.15, 0.2) is 54.6 Å².